The summed E-state index contributed by atoms with van der Waals surface area (Å²) >= 11 is 5.20. The molecule has 0 bridgehead atoms. The summed E-state index contributed by atoms with van der Waals surface area (Å²) in [5.74, 6) is -0.281. The van der Waals surface area contributed by atoms with E-state index in [0.717, 1.165) is 17.5 Å². The predicted molar refractivity (Wildman–Crippen MR) is 113 cm³/mol. The summed E-state index contributed by atoms with van der Waals surface area (Å²) in [7, 11) is 0. The summed E-state index contributed by atoms with van der Waals surface area (Å²) in [4.78, 5) is 24.2. The molecule has 0 saturated carbocycles. The highest BCUT2D eigenvalue weighted by molar-refractivity contribution is 7.80. The molecular formula is C21H25N3O2S. The minimum Gasteiger partial charge on any atom is -0.350 e. The number of carbonyl (C=O) groups excluding carboxylic acids is 2. The molecule has 0 fully saturated rings. The topological polar surface area (TPSA) is 70.2 Å². The number of anilines is 1. The second-order valence-electron chi connectivity index (χ2n) is 6.47. The Morgan fingerprint density at radius 3 is 2.37 bits per heavy atom. The number of aryl methyl sites for hydroxylation is 1. The molecule has 142 valence electrons. The molecule has 5 nitrogen and oxygen atoms in total. The Labute approximate surface area is 165 Å². The van der Waals surface area contributed by atoms with E-state index in [1.165, 1.54) is 0 Å². The molecule has 0 aliphatic heterocycles. The van der Waals surface area contributed by atoms with Gasteiger partial charge in [-0.1, -0.05) is 31.2 Å². The van der Waals surface area contributed by atoms with Crippen molar-refractivity contribution in [1.82, 2.24) is 10.6 Å². The van der Waals surface area contributed by atoms with Gasteiger partial charge in [0.05, 0.1) is 6.42 Å². The average Bonchev–Trinajstić information content (AvgIpc) is 2.63. The summed E-state index contributed by atoms with van der Waals surface area (Å²) in [5, 5.41) is 8.78. The monoisotopic (exact) mass is 383 g/mol. The lowest BCUT2D eigenvalue weighted by Gasteiger charge is -2.13. The Kier molecular flexibility index (Phi) is 7.49. The van der Waals surface area contributed by atoms with Crippen LogP contribution in [-0.4, -0.2) is 23.0 Å². The third kappa shape index (κ3) is 6.49. The molecule has 2 aromatic rings. The third-order valence-corrected chi connectivity index (χ3v) is 4.46. The van der Waals surface area contributed by atoms with Crippen molar-refractivity contribution in [3.63, 3.8) is 0 Å². The van der Waals surface area contributed by atoms with Crippen LogP contribution in [0.25, 0.3) is 0 Å². The highest BCUT2D eigenvalue weighted by Gasteiger charge is 2.10. The predicted octanol–water partition coefficient (Wildman–Crippen LogP) is 3.58. The number of carbonyl (C=O) groups is 2. The molecule has 3 N–H and O–H groups in total. The molecule has 0 spiro atoms. The second-order valence-corrected chi connectivity index (χ2v) is 6.87. The van der Waals surface area contributed by atoms with Crippen molar-refractivity contribution in [2.75, 3.05) is 5.32 Å². The van der Waals surface area contributed by atoms with Crippen LogP contribution in [0, 0.1) is 6.92 Å². The van der Waals surface area contributed by atoms with E-state index in [1.807, 2.05) is 45.0 Å². The Morgan fingerprint density at radius 2 is 1.74 bits per heavy atom. The minimum atomic E-state index is -0.175. The van der Waals surface area contributed by atoms with Crippen LogP contribution >= 0.6 is 12.2 Å². The van der Waals surface area contributed by atoms with E-state index in [2.05, 4.69) is 16.0 Å². The zero-order valence-corrected chi connectivity index (χ0v) is 16.7. The first kappa shape index (κ1) is 20.6. The van der Waals surface area contributed by atoms with E-state index in [0.29, 0.717) is 11.3 Å². The molecule has 0 saturated heterocycles. The van der Waals surface area contributed by atoms with Crippen molar-refractivity contribution in [3.8, 4) is 0 Å². The molecule has 0 aliphatic carbocycles. The SMILES string of the molecule is CCC(C)NC(=O)c1ccc(NC(=S)NC(=O)Cc2ccccc2C)cc1. The molecule has 1 atom stereocenters. The van der Waals surface area contributed by atoms with Crippen molar-refractivity contribution >= 4 is 34.8 Å². The minimum absolute atomic E-state index is 0.106. The highest BCUT2D eigenvalue weighted by Crippen LogP contribution is 2.11. The maximum absolute atomic E-state index is 12.1. The first-order valence-electron chi connectivity index (χ1n) is 8.95. The number of amides is 2. The first-order valence-corrected chi connectivity index (χ1v) is 9.36. The molecule has 6 heteroatoms. The fraction of sp³-hybridized carbons (Fsp3) is 0.286. The second kappa shape index (κ2) is 9.83. The van der Waals surface area contributed by atoms with Gasteiger partial charge in [0, 0.05) is 17.3 Å². The third-order valence-electron chi connectivity index (χ3n) is 4.26. The summed E-state index contributed by atoms with van der Waals surface area (Å²) in [5.41, 5.74) is 3.32. The summed E-state index contributed by atoms with van der Waals surface area (Å²) in [6.07, 6.45) is 1.14. The van der Waals surface area contributed by atoms with Gasteiger partial charge in [-0.25, -0.2) is 0 Å². The van der Waals surface area contributed by atoms with Crippen LogP contribution in [0.1, 0.15) is 41.8 Å². The van der Waals surface area contributed by atoms with Crippen LogP contribution in [0.3, 0.4) is 0 Å². The lowest BCUT2D eigenvalue weighted by molar-refractivity contribution is -0.119. The zero-order valence-electron chi connectivity index (χ0n) is 15.8. The van der Waals surface area contributed by atoms with Gasteiger partial charge < -0.3 is 16.0 Å². The van der Waals surface area contributed by atoms with Gasteiger partial charge in [-0.05, 0) is 67.9 Å². The zero-order chi connectivity index (χ0) is 19.8. The Balaban J connectivity index is 1.87. The smallest absolute Gasteiger partial charge is 0.251 e. The maximum atomic E-state index is 12.1. The van der Waals surface area contributed by atoms with Crippen molar-refractivity contribution < 1.29 is 9.59 Å². The van der Waals surface area contributed by atoms with E-state index in [4.69, 9.17) is 12.2 Å². The van der Waals surface area contributed by atoms with Gasteiger partial charge in [0.2, 0.25) is 5.91 Å². The lowest BCUT2D eigenvalue weighted by atomic mass is 10.1. The van der Waals surface area contributed by atoms with Gasteiger partial charge in [-0.2, -0.15) is 0 Å². The van der Waals surface area contributed by atoms with Crippen LogP contribution in [0.4, 0.5) is 5.69 Å². The van der Waals surface area contributed by atoms with Crippen LogP contribution in [0.2, 0.25) is 0 Å². The van der Waals surface area contributed by atoms with Crippen LogP contribution in [0.5, 0.6) is 0 Å². The molecule has 2 amide bonds. The largest absolute Gasteiger partial charge is 0.350 e. The van der Waals surface area contributed by atoms with Crippen LogP contribution in [0.15, 0.2) is 48.5 Å². The summed E-state index contributed by atoms with van der Waals surface area (Å²) in [6.45, 7) is 5.95. The Hall–Kier alpha value is -2.73. The van der Waals surface area contributed by atoms with Gasteiger partial charge in [0.25, 0.3) is 5.91 Å². The number of benzene rings is 2. The Morgan fingerprint density at radius 1 is 1.07 bits per heavy atom. The van der Waals surface area contributed by atoms with Crippen LogP contribution in [-0.2, 0) is 11.2 Å². The van der Waals surface area contributed by atoms with E-state index < -0.39 is 0 Å². The van der Waals surface area contributed by atoms with Gasteiger partial charge in [-0.3, -0.25) is 9.59 Å². The van der Waals surface area contributed by atoms with Crippen molar-refractivity contribution in [2.45, 2.75) is 39.7 Å². The number of hydrogen-bond acceptors (Lipinski definition) is 3. The lowest BCUT2D eigenvalue weighted by Crippen LogP contribution is -2.35. The molecule has 2 rings (SSSR count). The number of hydrogen-bond donors (Lipinski definition) is 3. The van der Waals surface area contributed by atoms with E-state index >= 15 is 0 Å². The number of rotatable bonds is 6. The van der Waals surface area contributed by atoms with E-state index in [9.17, 15) is 9.59 Å². The number of nitrogens with one attached hydrogen (secondary N) is 3. The fourth-order valence-corrected chi connectivity index (χ4v) is 2.66. The maximum Gasteiger partial charge on any atom is 0.251 e. The molecule has 0 aliphatic rings. The molecule has 1 unspecified atom stereocenters. The Bertz CT molecular complexity index is 818. The summed E-state index contributed by atoms with van der Waals surface area (Å²) in [6, 6.07) is 14.8. The standard InChI is InChI=1S/C21H25N3O2S/c1-4-15(3)22-20(26)16-9-11-18(12-10-16)23-21(27)24-19(25)13-17-8-6-5-7-14(17)2/h5-12,15H,4,13H2,1-3H3,(H,22,26)(H2,23,24,25,27). The highest BCUT2D eigenvalue weighted by atomic mass is 32.1. The number of thiocarbonyl (C=S) groups is 1. The quantitative estimate of drug-likeness (QED) is 0.667. The van der Waals surface area contributed by atoms with Crippen molar-refractivity contribution in [1.29, 1.82) is 0 Å². The molecule has 27 heavy (non-hydrogen) atoms. The van der Waals surface area contributed by atoms with Crippen molar-refractivity contribution in [3.05, 3.63) is 65.2 Å². The van der Waals surface area contributed by atoms with Gasteiger partial charge in [-0.15, -0.1) is 0 Å². The van der Waals surface area contributed by atoms with Gasteiger partial charge in [0.1, 0.15) is 0 Å². The average molecular weight is 384 g/mol. The fourth-order valence-electron chi connectivity index (χ4n) is 2.43. The van der Waals surface area contributed by atoms with E-state index in [1.54, 1.807) is 24.3 Å². The summed E-state index contributed by atoms with van der Waals surface area (Å²) < 4.78 is 0. The van der Waals surface area contributed by atoms with E-state index in [-0.39, 0.29) is 29.4 Å². The molecule has 0 heterocycles. The van der Waals surface area contributed by atoms with Gasteiger partial charge >= 0.3 is 0 Å². The first-order chi connectivity index (χ1) is 12.9. The normalized spacial score (nSPS) is 11.4. The molecule has 2 aromatic carbocycles. The van der Waals surface area contributed by atoms with Crippen molar-refractivity contribution in [2.24, 2.45) is 0 Å². The molecule has 0 radical (unpaired) electrons. The van der Waals surface area contributed by atoms with Gasteiger partial charge in [0.15, 0.2) is 5.11 Å². The molecule has 0 aromatic heterocycles. The van der Waals surface area contributed by atoms with Crippen LogP contribution < -0.4 is 16.0 Å². The molecular weight excluding hydrogens is 358 g/mol.